The maximum Gasteiger partial charge on any atom is 0.249 e. The number of hydrogen-bond donors (Lipinski definition) is 2. The molecular weight excluding hydrogens is 330 g/mol. The molecule has 0 fully saturated rings. The van der Waals surface area contributed by atoms with Crippen molar-refractivity contribution in [1.29, 1.82) is 0 Å². The van der Waals surface area contributed by atoms with E-state index in [0.717, 1.165) is 5.56 Å². The van der Waals surface area contributed by atoms with E-state index in [9.17, 15) is 14.4 Å². The predicted molar refractivity (Wildman–Crippen MR) is 100 cm³/mol. The van der Waals surface area contributed by atoms with Crippen LogP contribution in [0.15, 0.2) is 54.6 Å². The van der Waals surface area contributed by atoms with Crippen LogP contribution in [0, 0.1) is 6.92 Å². The summed E-state index contributed by atoms with van der Waals surface area (Å²) < 4.78 is 0. The van der Waals surface area contributed by atoms with Crippen LogP contribution in [0.25, 0.3) is 0 Å². The van der Waals surface area contributed by atoms with Gasteiger partial charge in [0.2, 0.25) is 17.7 Å². The Kier molecular flexibility index (Phi) is 6.49. The maximum atomic E-state index is 12.4. The number of nitrogens with one attached hydrogen (secondary N) is 2. The fourth-order valence-corrected chi connectivity index (χ4v) is 2.39. The third-order valence-electron chi connectivity index (χ3n) is 3.78. The number of carbonyl (C=O) groups excluding carboxylic acids is 3. The highest BCUT2D eigenvalue weighted by molar-refractivity contribution is 6.04. The molecule has 0 unspecified atom stereocenters. The van der Waals surface area contributed by atoms with E-state index >= 15 is 0 Å². The highest BCUT2D eigenvalue weighted by Crippen LogP contribution is 2.15. The van der Waals surface area contributed by atoms with Crippen LogP contribution in [-0.4, -0.2) is 36.7 Å². The molecule has 0 aliphatic heterocycles. The van der Waals surface area contributed by atoms with Crippen molar-refractivity contribution in [3.63, 3.8) is 0 Å². The first-order valence-electron chi connectivity index (χ1n) is 8.29. The molecule has 26 heavy (non-hydrogen) atoms. The van der Waals surface area contributed by atoms with Crippen LogP contribution in [-0.2, 0) is 14.4 Å². The minimum atomic E-state index is -0.828. The van der Waals surface area contributed by atoms with Gasteiger partial charge in [0, 0.05) is 19.8 Å². The van der Waals surface area contributed by atoms with Crippen molar-refractivity contribution >= 4 is 23.4 Å². The number of nitrogens with zero attached hydrogens (tertiary/aromatic N) is 1. The SMILES string of the molecule is Cc1ccc(NC(=O)CC(=O)N[C@H](C(=O)N(C)C)c2ccccc2)cc1. The van der Waals surface area contributed by atoms with Gasteiger partial charge in [-0.15, -0.1) is 0 Å². The molecule has 1 atom stereocenters. The molecule has 0 saturated carbocycles. The molecule has 0 bridgehead atoms. The Balaban J connectivity index is 2.01. The number of carbonyl (C=O) groups is 3. The normalized spacial score (nSPS) is 11.3. The molecule has 136 valence electrons. The topological polar surface area (TPSA) is 78.5 Å². The second-order valence-electron chi connectivity index (χ2n) is 6.23. The van der Waals surface area contributed by atoms with Crippen molar-refractivity contribution in [2.45, 2.75) is 19.4 Å². The van der Waals surface area contributed by atoms with Gasteiger partial charge >= 0.3 is 0 Å². The standard InChI is InChI=1S/C20H23N3O3/c1-14-9-11-16(12-10-14)21-17(24)13-18(25)22-19(20(26)23(2)3)15-7-5-4-6-8-15/h4-12,19H,13H2,1-3H3,(H,21,24)(H,22,25)/t19-/m0/s1. The number of amides is 3. The van der Waals surface area contributed by atoms with Crippen molar-refractivity contribution in [1.82, 2.24) is 10.2 Å². The van der Waals surface area contributed by atoms with Gasteiger partial charge in [-0.25, -0.2) is 0 Å². The van der Waals surface area contributed by atoms with Crippen LogP contribution in [0.3, 0.4) is 0 Å². The van der Waals surface area contributed by atoms with E-state index in [1.54, 1.807) is 50.5 Å². The van der Waals surface area contributed by atoms with Gasteiger partial charge in [0.25, 0.3) is 0 Å². The molecule has 0 aliphatic rings. The van der Waals surface area contributed by atoms with Gasteiger partial charge in [-0.1, -0.05) is 48.0 Å². The molecule has 6 heteroatoms. The molecule has 3 amide bonds. The highest BCUT2D eigenvalue weighted by atomic mass is 16.2. The lowest BCUT2D eigenvalue weighted by Crippen LogP contribution is -2.40. The lowest BCUT2D eigenvalue weighted by Gasteiger charge is -2.22. The zero-order chi connectivity index (χ0) is 19.1. The molecule has 0 heterocycles. The zero-order valence-corrected chi connectivity index (χ0v) is 15.2. The molecule has 0 saturated heterocycles. The Morgan fingerprint density at radius 2 is 1.54 bits per heavy atom. The van der Waals surface area contributed by atoms with Crippen molar-refractivity contribution in [3.8, 4) is 0 Å². The molecule has 0 radical (unpaired) electrons. The quantitative estimate of drug-likeness (QED) is 0.782. The Hall–Kier alpha value is -3.15. The van der Waals surface area contributed by atoms with Gasteiger partial charge in [-0.3, -0.25) is 14.4 Å². The van der Waals surface area contributed by atoms with Crippen molar-refractivity contribution in [2.75, 3.05) is 19.4 Å². The van der Waals surface area contributed by atoms with Crippen LogP contribution in [0.5, 0.6) is 0 Å². The largest absolute Gasteiger partial charge is 0.347 e. The molecule has 2 N–H and O–H groups in total. The Morgan fingerprint density at radius 1 is 0.923 bits per heavy atom. The number of anilines is 1. The van der Waals surface area contributed by atoms with E-state index < -0.39 is 17.9 Å². The molecular formula is C20H23N3O3. The third-order valence-corrected chi connectivity index (χ3v) is 3.78. The van der Waals surface area contributed by atoms with E-state index in [2.05, 4.69) is 10.6 Å². The number of rotatable bonds is 6. The first-order chi connectivity index (χ1) is 12.4. The van der Waals surface area contributed by atoms with Crippen molar-refractivity contribution < 1.29 is 14.4 Å². The number of benzene rings is 2. The maximum absolute atomic E-state index is 12.4. The van der Waals surface area contributed by atoms with Crippen LogP contribution >= 0.6 is 0 Å². The summed E-state index contributed by atoms with van der Waals surface area (Å²) in [4.78, 5) is 38.1. The van der Waals surface area contributed by atoms with Crippen molar-refractivity contribution in [3.05, 3.63) is 65.7 Å². The minimum Gasteiger partial charge on any atom is -0.347 e. The van der Waals surface area contributed by atoms with Gasteiger partial charge in [-0.2, -0.15) is 0 Å². The van der Waals surface area contributed by atoms with Crippen LogP contribution in [0.1, 0.15) is 23.6 Å². The fraction of sp³-hybridized carbons (Fsp3) is 0.250. The summed E-state index contributed by atoms with van der Waals surface area (Å²) in [6.07, 6.45) is -0.363. The average molecular weight is 353 g/mol. The second-order valence-corrected chi connectivity index (χ2v) is 6.23. The Bertz CT molecular complexity index is 771. The van der Waals surface area contributed by atoms with E-state index in [1.165, 1.54) is 4.90 Å². The Labute approximate surface area is 153 Å². The summed E-state index contributed by atoms with van der Waals surface area (Å²) in [5.41, 5.74) is 2.37. The van der Waals surface area contributed by atoms with E-state index in [1.807, 2.05) is 25.1 Å². The van der Waals surface area contributed by atoms with Gasteiger partial charge in [0.1, 0.15) is 12.5 Å². The van der Waals surface area contributed by atoms with Crippen LogP contribution in [0.2, 0.25) is 0 Å². The minimum absolute atomic E-state index is 0.261. The first kappa shape index (κ1) is 19.2. The molecule has 0 aromatic heterocycles. The molecule has 0 spiro atoms. The summed E-state index contributed by atoms with van der Waals surface area (Å²) in [6.45, 7) is 1.95. The third kappa shape index (κ3) is 5.44. The molecule has 2 aromatic carbocycles. The van der Waals surface area contributed by atoms with E-state index in [-0.39, 0.29) is 12.3 Å². The molecule has 0 aliphatic carbocycles. The molecule has 2 rings (SSSR count). The van der Waals surface area contributed by atoms with E-state index in [0.29, 0.717) is 11.3 Å². The summed E-state index contributed by atoms with van der Waals surface area (Å²) in [5, 5.41) is 5.32. The number of likely N-dealkylation sites (N-methyl/N-ethyl adjacent to an activating group) is 1. The molecule has 6 nitrogen and oxygen atoms in total. The average Bonchev–Trinajstić information content (AvgIpc) is 2.61. The van der Waals surface area contributed by atoms with Crippen molar-refractivity contribution in [2.24, 2.45) is 0 Å². The summed E-state index contributed by atoms with van der Waals surface area (Å²) >= 11 is 0. The van der Waals surface area contributed by atoms with Gasteiger partial charge in [-0.05, 0) is 24.6 Å². The highest BCUT2D eigenvalue weighted by Gasteiger charge is 2.24. The van der Waals surface area contributed by atoms with Crippen LogP contribution in [0.4, 0.5) is 5.69 Å². The zero-order valence-electron chi connectivity index (χ0n) is 15.2. The molecule has 2 aromatic rings. The number of hydrogen-bond acceptors (Lipinski definition) is 3. The first-order valence-corrected chi connectivity index (χ1v) is 8.29. The smallest absolute Gasteiger partial charge is 0.249 e. The lowest BCUT2D eigenvalue weighted by atomic mass is 10.1. The monoisotopic (exact) mass is 353 g/mol. The lowest BCUT2D eigenvalue weighted by molar-refractivity contribution is -0.135. The second kappa shape index (κ2) is 8.80. The summed E-state index contributed by atoms with van der Waals surface area (Å²) in [7, 11) is 3.24. The van der Waals surface area contributed by atoms with Gasteiger partial charge < -0.3 is 15.5 Å². The van der Waals surface area contributed by atoms with Gasteiger partial charge in [0.15, 0.2) is 0 Å². The fourth-order valence-electron chi connectivity index (χ4n) is 2.39. The predicted octanol–water partition coefficient (Wildman–Crippen LogP) is 2.27. The van der Waals surface area contributed by atoms with E-state index in [4.69, 9.17) is 0 Å². The summed E-state index contributed by atoms with van der Waals surface area (Å²) in [5.74, 6) is -1.21. The Morgan fingerprint density at radius 3 is 2.12 bits per heavy atom. The summed E-state index contributed by atoms with van der Waals surface area (Å²) in [6, 6.07) is 15.4. The van der Waals surface area contributed by atoms with Gasteiger partial charge in [0.05, 0.1) is 0 Å². The van der Waals surface area contributed by atoms with Crippen LogP contribution < -0.4 is 10.6 Å². The number of aryl methyl sites for hydroxylation is 1.